The maximum absolute atomic E-state index is 7.56. The monoisotopic (exact) mass is 307 g/mol. The topological polar surface area (TPSA) is 61.9 Å². The summed E-state index contributed by atoms with van der Waals surface area (Å²) in [6.07, 6.45) is 0.604. The Kier molecular flexibility index (Phi) is 3.93. The van der Waals surface area contributed by atoms with E-state index >= 15 is 0 Å². The fourth-order valence-electron chi connectivity index (χ4n) is 1.03. The second kappa shape index (κ2) is 4.77. The Morgan fingerprint density at radius 1 is 1.62 bits per heavy atom. The Hall–Kier alpha value is -0.350. The van der Waals surface area contributed by atoms with Crippen molar-refractivity contribution >= 4 is 45.5 Å². The van der Waals surface area contributed by atoms with Crippen molar-refractivity contribution in [2.45, 2.75) is 6.92 Å². The van der Waals surface area contributed by atoms with Gasteiger partial charge in [-0.1, -0.05) is 0 Å². The lowest BCUT2D eigenvalue weighted by atomic mass is 10.1. The van der Waals surface area contributed by atoms with E-state index in [2.05, 4.69) is 27.1 Å². The van der Waals surface area contributed by atoms with Crippen molar-refractivity contribution in [3.8, 4) is 0 Å². The molecule has 0 saturated carbocycles. The van der Waals surface area contributed by atoms with Gasteiger partial charge in [-0.3, -0.25) is 0 Å². The van der Waals surface area contributed by atoms with Crippen molar-refractivity contribution in [3.05, 3.63) is 23.8 Å². The zero-order valence-corrected chi connectivity index (χ0v) is 10.3. The molecule has 5 heteroatoms. The predicted octanol–water partition coefficient (Wildman–Crippen LogP) is 3.01. The van der Waals surface area contributed by atoms with E-state index in [-0.39, 0.29) is 0 Å². The van der Waals surface area contributed by atoms with E-state index in [1.165, 1.54) is 0 Å². The number of nitrogens with one attached hydrogen (secondary N) is 2. The molecule has 0 aliphatic carbocycles. The van der Waals surface area contributed by atoms with E-state index in [1.54, 1.807) is 6.92 Å². The van der Waals surface area contributed by atoms with Crippen LogP contribution in [0.1, 0.15) is 12.5 Å². The van der Waals surface area contributed by atoms with Gasteiger partial charge in [0.15, 0.2) is 0 Å². The minimum atomic E-state index is 0.532. The largest absolute Gasteiger partial charge is 0.399 e. The van der Waals surface area contributed by atoms with Crippen molar-refractivity contribution in [1.82, 2.24) is 0 Å². The van der Waals surface area contributed by atoms with Crippen molar-refractivity contribution in [1.29, 1.82) is 5.41 Å². The molecule has 0 heterocycles. The summed E-state index contributed by atoms with van der Waals surface area (Å²) in [5.74, 6) is 0. The number of anilines is 2. The first-order valence-corrected chi connectivity index (χ1v) is 7.83. The molecule has 0 radical (unpaired) electrons. The highest BCUT2D eigenvalue weighted by Crippen LogP contribution is 2.28. The third-order valence-electron chi connectivity index (χ3n) is 1.63. The Morgan fingerprint density at radius 2 is 2.31 bits per heavy atom. The third-order valence-corrected chi connectivity index (χ3v) is 2.80. The van der Waals surface area contributed by atoms with Gasteiger partial charge in [0.05, 0.1) is 0 Å². The van der Waals surface area contributed by atoms with Crippen LogP contribution >= 0.6 is 28.4 Å². The summed E-state index contributed by atoms with van der Waals surface area (Å²) in [6.45, 7) is 1.76. The number of benzene rings is 1. The highest BCUT2D eigenvalue weighted by molar-refractivity contribution is 14.2. The molecule has 4 N–H and O–H groups in total. The van der Waals surface area contributed by atoms with E-state index in [4.69, 9.17) is 11.1 Å². The molecular weight excluding hydrogens is 296 g/mol. The highest BCUT2D eigenvalue weighted by atomic mass is 127. The smallest absolute Gasteiger partial charge is 0.0469 e. The lowest BCUT2D eigenvalue weighted by molar-refractivity contribution is 1.45. The average molecular weight is 307 g/mol. The predicted molar refractivity (Wildman–Crippen MR) is 69.3 cm³/mol. The van der Waals surface area contributed by atoms with E-state index < -0.39 is 0 Å². The number of rotatable bonds is 3. The first kappa shape index (κ1) is 10.7. The molecule has 1 atom stereocenters. The normalized spacial score (nSPS) is 10.6. The summed E-state index contributed by atoms with van der Waals surface area (Å²) in [4.78, 5) is 0. The molecule has 1 rings (SSSR count). The van der Waals surface area contributed by atoms with Crippen LogP contribution in [0.5, 0.6) is 0 Å². The fraction of sp³-hybridized carbons (Fsp3) is 0.125. The standard InChI is InChI=1S/C8H11IN3P/c1-5(10)7-4-6(11)2-3-8(7)12-13-9/h2-4,10,12-13H,11H2,1H3. The van der Waals surface area contributed by atoms with Crippen LogP contribution in [-0.4, -0.2) is 5.71 Å². The van der Waals surface area contributed by atoms with Crippen molar-refractivity contribution in [2.75, 3.05) is 10.8 Å². The summed E-state index contributed by atoms with van der Waals surface area (Å²) in [6, 6.07) is 5.57. The molecular formula is C8H11IN3P. The van der Waals surface area contributed by atoms with Gasteiger partial charge in [-0.15, -0.1) is 0 Å². The van der Waals surface area contributed by atoms with Gasteiger partial charge in [-0.05, 0) is 47.2 Å². The number of nitrogen functional groups attached to an aromatic ring is 1. The van der Waals surface area contributed by atoms with Crippen LogP contribution in [0.25, 0.3) is 0 Å². The van der Waals surface area contributed by atoms with Crippen LogP contribution in [0.2, 0.25) is 0 Å². The molecule has 1 aromatic carbocycles. The van der Waals surface area contributed by atoms with Crippen molar-refractivity contribution in [2.24, 2.45) is 0 Å². The first-order chi connectivity index (χ1) is 6.15. The molecule has 0 bridgehead atoms. The summed E-state index contributed by atoms with van der Waals surface area (Å²) < 4.78 is 0. The second-order valence-corrected chi connectivity index (χ2v) is 4.71. The molecule has 0 aliphatic rings. The van der Waals surface area contributed by atoms with Crippen LogP contribution in [-0.2, 0) is 0 Å². The molecule has 0 aliphatic heterocycles. The van der Waals surface area contributed by atoms with Gasteiger partial charge < -0.3 is 16.2 Å². The number of hydrogen-bond acceptors (Lipinski definition) is 3. The molecule has 3 nitrogen and oxygen atoms in total. The lowest BCUT2D eigenvalue weighted by Crippen LogP contribution is -1.99. The van der Waals surface area contributed by atoms with E-state index in [0.717, 1.165) is 11.3 Å². The van der Waals surface area contributed by atoms with Gasteiger partial charge in [0.1, 0.15) is 0 Å². The minimum Gasteiger partial charge on any atom is -0.399 e. The number of nitrogens with two attached hydrogens (primary N) is 1. The summed E-state index contributed by atoms with van der Waals surface area (Å²) in [7, 11) is 0. The second-order valence-electron chi connectivity index (χ2n) is 2.65. The van der Waals surface area contributed by atoms with Gasteiger partial charge in [0.2, 0.25) is 0 Å². The molecule has 0 amide bonds. The maximum atomic E-state index is 7.56. The van der Waals surface area contributed by atoms with Crippen LogP contribution < -0.4 is 10.8 Å². The minimum absolute atomic E-state index is 0.532. The van der Waals surface area contributed by atoms with Crippen LogP contribution in [0.4, 0.5) is 11.4 Å². The zero-order chi connectivity index (χ0) is 9.84. The summed E-state index contributed by atoms with van der Waals surface area (Å²) in [5.41, 5.74) is 8.73. The lowest BCUT2D eigenvalue weighted by Gasteiger charge is -2.09. The number of halogens is 1. The summed E-state index contributed by atoms with van der Waals surface area (Å²) in [5, 5.41) is 10.8. The SMILES string of the molecule is CC(=N)c1cc(N)ccc1NPI. The first-order valence-electron chi connectivity index (χ1n) is 3.72. The number of hydrogen-bond donors (Lipinski definition) is 3. The third kappa shape index (κ3) is 2.81. The zero-order valence-electron chi connectivity index (χ0n) is 7.19. The van der Waals surface area contributed by atoms with Crippen LogP contribution in [0, 0.1) is 5.41 Å². The molecule has 70 valence electrons. The quantitative estimate of drug-likeness (QED) is 0.348. The molecule has 13 heavy (non-hydrogen) atoms. The summed E-state index contributed by atoms with van der Waals surface area (Å²) >= 11 is 2.25. The van der Waals surface area contributed by atoms with Gasteiger partial charge in [0.25, 0.3) is 0 Å². The highest BCUT2D eigenvalue weighted by Gasteiger charge is 2.03. The van der Waals surface area contributed by atoms with Gasteiger partial charge in [-0.2, -0.15) is 0 Å². The maximum Gasteiger partial charge on any atom is 0.0469 e. The molecule has 1 aromatic rings. The molecule has 0 aromatic heterocycles. The van der Waals surface area contributed by atoms with Crippen LogP contribution in [0.15, 0.2) is 18.2 Å². The Labute approximate surface area is 92.3 Å². The molecule has 0 fully saturated rings. The van der Waals surface area contributed by atoms with Crippen molar-refractivity contribution < 1.29 is 0 Å². The van der Waals surface area contributed by atoms with Crippen LogP contribution in [0.3, 0.4) is 0 Å². The Balaban J connectivity index is 3.10. The van der Waals surface area contributed by atoms with E-state index in [0.29, 0.717) is 17.8 Å². The molecule has 0 spiro atoms. The molecule has 0 saturated heterocycles. The average Bonchev–Trinajstić information content (AvgIpc) is 2.08. The Bertz CT molecular complexity index is 327. The Morgan fingerprint density at radius 3 is 2.85 bits per heavy atom. The van der Waals surface area contributed by atoms with E-state index in [9.17, 15) is 0 Å². The fourth-order valence-corrected chi connectivity index (χ4v) is 2.22. The van der Waals surface area contributed by atoms with Gasteiger partial charge in [-0.25, -0.2) is 0 Å². The van der Waals surface area contributed by atoms with Gasteiger partial charge in [0, 0.05) is 29.0 Å². The van der Waals surface area contributed by atoms with Gasteiger partial charge >= 0.3 is 0 Å². The van der Waals surface area contributed by atoms with Crippen molar-refractivity contribution in [3.63, 3.8) is 0 Å². The molecule has 1 unspecified atom stereocenters. The van der Waals surface area contributed by atoms with E-state index in [1.807, 2.05) is 18.2 Å².